The van der Waals surface area contributed by atoms with Crippen molar-refractivity contribution in [2.45, 2.75) is 0 Å². The molecule has 0 aliphatic rings. The summed E-state index contributed by atoms with van der Waals surface area (Å²) in [5.74, 6) is -0.853. The number of nitro groups is 1. The number of carbonyl (C=O) groups excluding carboxylic acids is 2. The van der Waals surface area contributed by atoms with Gasteiger partial charge in [-0.3, -0.25) is 19.7 Å². The standard InChI is InChI=1S/C19H13ClN4O4S/c20-14-5-1-3-12(9-14)18(25)22-15-6-2-4-13(10-15)19(26)23-21-11-16-7-8-17(29-16)24(27)28/h1-11H,(H,22,25)(H,23,26). The molecule has 0 aliphatic carbocycles. The molecule has 2 N–H and O–H groups in total. The van der Waals surface area contributed by atoms with Crippen molar-refractivity contribution in [3.05, 3.63) is 91.8 Å². The number of anilines is 1. The SMILES string of the molecule is O=C(NN=Cc1ccc([N+](=O)[O-])s1)c1cccc(NC(=O)c2cccc(Cl)c2)c1. The molecule has 1 aromatic heterocycles. The zero-order valence-electron chi connectivity index (χ0n) is 14.7. The second kappa shape index (κ2) is 9.09. The molecule has 0 radical (unpaired) electrons. The third kappa shape index (κ3) is 5.47. The molecule has 0 atom stereocenters. The van der Waals surface area contributed by atoms with Crippen LogP contribution in [0.1, 0.15) is 25.6 Å². The molecule has 2 aromatic carbocycles. The van der Waals surface area contributed by atoms with Gasteiger partial charge in [0.25, 0.3) is 11.8 Å². The average molecular weight is 429 g/mol. The van der Waals surface area contributed by atoms with E-state index in [1.807, 2.05) is 0 Å². The fourth-order valence-electron chi connectivity index (χ4n) is 2.30. The van der Waals surface area contributed by atoms with Gasteiger partial charge in [0.15, 0.2) is 0 Å². The van der Waals surface area contributed by atoms with Crippen molar-refractivity contribution in [2.24, 2.45) is 5.10 Å². The Morgan fingerprint density at radius 1 is 1.03 bits per heavy atom. The van der Waals surface area contributed by atoms with E-state index >= 15 is 0 Å². The van der Waals surface area contributed by atoms with E-state index in [0.29, 0.717) is 21.2 Å². The second-order valence-electron chi connectivity index (χ2n) is 5.68. The molecule has 3 aromatic rings. The van der Waals surface area contributed by atoms with E-state index < -0.39 is 10.8 Å². The number of halogens is 1. The van der Waals surface area contributed by atoms with Gasteiger partial charge in [-0.05, 0) is 42.5 Å². The van der Waals surface area contributed by atoms with Crippen LogP contribution in [0.5, 0.6) is 0 Å². The monoisotopic (exact) mass is 428 g/mol. The van der Waals surface area contributed by atoms with E-state index in [2.05, 4.69) is 15.8 Å². The summed E-state index contributed by atoms with van der Waals surface area (Å²) >= 11 is 6.83. The number of benzene rings is 2. The first-order chi connectivity index (χ1) is 13.9. The van der Waals surface area contributed by atoms with Crippen molar-refractivity contribution in [1.82, 2.24) is 5.43 Å². The van der Waals surface area contributed by atoms with Crippen LogP contribution in [0.2, 0.25) is 5.02 Å². The molecule has 10 heteroatoms. The van der Waals surface area contributed by atoms with E-state index in [9.17, 15) is 19.7 Å². The van der Waals surface area contributed by atoms with E-state index in [1.54, 1.807) is 36.4 Å². The van der Waals surface area contributed by atoms with E-state index in [0.717, 1.165) is 11.3 Å². The average Bonchev–Trinajstić information content (AvgIpc) is 3.17. The highest BCUT2D eigenvalue weighted by molar-refractivity contribution is 7.16. The Labute approximate surface area is 174 Å². The number of rotatable bonds is 6. The Morgan fingerprint density at radius 3 is 2.45 bits per heavy atom. The highest BCUT2D eigenvalue weighted by atomic mass is 35.5. The Morgan fingerprint density at radius 2 is 1.76 bits per heavy atom. The van der Waals surface area contributed by atoms with Crippen LogP contribution < -0.4 is 10.7 Å². The van der Waals surface area contributed by atoms with Gasteiger partial charge in [0.1, 0.15) is 0 Å². The highest BCUT2D eigenvalue weighted by Crippen LogP contribution is 2.22. The maximum absolute atomic E-state index is 12.3. The fraction of sp³-hybridized carbons (Fsp3) is 0. The molecular weight excluding hydrogens is 416 g/mol. The summed E-state index contributed by atoms with van der Waals surface area (Å²) in [6.07, 6.45) is 1.32. The van der Waals surface area contributed by atoms with Crippen LogP contribution in [0.4, 0.5) is 10.7 Å². The summed E-state index contributed by atoms with van der Waals surface area (Å²) in [5, 5.41) is 17.6. The van der Waals surface area contributed by atoms with Gasteiger partial charge >= 0.3 is 5.00 Å². The lowest BCUT2D eigenvalue weighted by Crippen LogP contribution is -2.18. The van der Waals surface area contributed by atoms with Crippen LogP contribution in [0.25, 0.3) is 0 Å². The Hall–Kier alpha value is -3.56. The minimum absolute atomic E-state index is 0.0130. The smallest absolute Gasteiger partial charge is 0.322 e. The Bertz CT molecular complexity index is 1110. The third-order valence-electron chi connectivity index (χ3n) is 3.62. The molecule has 1 heterocycles. The quantitative estimate of drug-likeness (QED) is 0.345. The van der Waals surface area contributed by atoms with Crippen molar-refractivity contribution >= 4 is 51.7 Å². The predicted molar refractivity (Wildman–Crippen MR) is 112 cm³/mol. The van der Waals surface area contributed by atoms with Crippen molar-refractivity contribution < 1.29 is 14.5 Å². The van der Waals surface area contributed by atoms with Crippen molar-refractivity contribution in [3.63, 3.8) is 0 Å². The van der Waals surface area contributed by atoms with Gasteiger partial charge < -0.3 is 5.32 Å². The molecule has 8 nitrogen and oxygen atoms in total. The minimum Gasteiger partial charge on any atom is -0.322 e. The Balaban J connectivity index is 1.63. The maximum Gasteiger partial charge on any atom is 0.324 e. The van der Waals surface area contributed by atoms with Gasteiger partial charge in [-0.2, -0.15) is 5.10 Å². The number of amides is 2. The summed E-state index contributed by atoms with van der Waals surface area (Å²) in [4.78, 5) is 35.2. The molecule has 2 amide bonds. The second-order valence-corrected chi connectivity index (χ2v) is 7.21. The number of thiophene rings is 1. The van der Waals surface area contributed by atoms with Crippen molar-refractivity contribution in [1.29, 1.82) is 0 Å². The molecule has 29 heavy (non-hydrogen) atoms. The first-order valence-corrected chi connectivity index (χ1v) is 9.36. The molecule has 146 valence electrons. The lowest BCUT2D eigenvalue weighted by atomic mass is 10.1. The molecule has 0 bridgehead atoms. The minimum atomic E-state index is -0.496. The first-order valence-electron chi connectivity index (χ1n) is 8.17. The lowest BCUT2D eigenvalue weighted by molar-refractivity contribution is -0.380. The zero-order valence-corrected chi connectivity index (χ0v) is 16.2. The highest BCUT2D eigenvalue weighted by Gasteiger charge is 2.10. The van der Waals surface area contributed by atoms with Gasteiger partial charge in [-0.1, -0.05) is 35.1 Å². The van der Waals surface area contributed by atoms with Gasteiger partial charge in [-0.25, -0.2) is 5.43 Å². The van der Waals surface area contributed by atoms with Crippen LogP contribution in [0.3, 0.4) is 0 Å². The predicted octanol–water partition coefficient (Wildman–Crippen LogP) is 4.33. The van der Waals surface area contributed by atoms with Crippen LogP contribution in [0, 0.1) is 10.1 Å². The van der Waals surface area contributed by atoms with Crippen LogP contribution in [-0.2, 0) is 0 Å². The topological polar surface area (TPSA) is 114 Å². The number of hydrogen-bond donors (Lipinski definition) is 2. The van der Waals surface area contributed by atoms with Crippen molar-refractivity contribution in [3.8, 4) is 0 Å². The maximum atomic E-state index is 12.3. The summed E-state index contributed by atoms with van der Waals surface area (Å²) in [6, 6.07) is 15.7. The molecule has 0 spiro atoms. The normalized spacial score (nSPS) is 10.7. The van der Waals surface area contributed by atoms with Crippen molar-refractivity contribution in [2.75, 3.05) is 5.32 Å². The van der Waals surface area contributed by atoms with Gasteiger partial charge in [0.2, 0.25) is 0 Å². The lowest BCUT2D eigenvalue weighted by Gasteiger charge is -2.07. The molecule has 0 unspecified atom stereocenters. The summed E-state index contributed by atoms with van der Waals surface area (Å²) < 4.78 is 0. The van der Waals surface area contributed by atoms with Crippen LogP contribution >= 0.6 is 22.9 Å². The van der Waals surface area contributed by atoms with Crippen LogP contribution in [-0.4, -0.2) is 23.0 Å². The molecule has 3 rings (SSSR count). The van der Waals surface area contributed by atoms with Crippen LogP contribution in [0.15, 0.2) is 65.8 Å². The number of hydrazone groups is 1. The molecule has 0 saturated heterocycles. The number of carbonyl (C=O) groups is 2. The summed E-state index contributed by atoms with van der Waals surface area (Å²) in [7, 11) is 0. The summed E-state index contributed by atoms with van der Waals surface area (Å²) in [5.41, 5.74) is 3.45. The van der Waals surface area contributed by atoms with E-state index in [4.69, 9.17) is 11.6 Å². The van der Waals surface area contributed by atoms with Gasteiger partial charge in [0, 0.05) is 27.9 Å². The molecule has 0 aliphatic heterocycles. The van der Waals surface area contributed by atoms with E-state index in [1.165, 1.54) is 30.5 Å². The van der Waals surface area contributed by atoms with E-state index in [-0.39, 0.29) is 16.5 Å². The Kier molecular flexibility index (Phi) is 6.32. The third-order valence-corrected chi connectivity index (χ3v) is 4.83. The zero-order chi connectivity index (χ0) is 20.8. The van der Waals surface area contributed by atoms with Gasteiger partial charge in [-0.15, -0.1) is 0 Å². The number of nitrogens with one attached hydrogen (secondary N) is 2. The molecule has 0 saturated carbocycles. The summed E-state index contributed by atoms with van der Waals surface area (Å²) in [6.45, 7) is 0. The molecule has 0 fully saturated rings. The van der Waals surface area contributed by atoms with Gasteiger partial charge in [0.05, 0.1) is 16.0 Å². The largest absolute Gasteiger partial charge is 0.324 e. The first kappa shape index (κ1) is 20.2. The molecular formula is C19H13ClN4O4S. The fourth-order valence-corrected chi connectivity index (χ4v) is 3.18. The number of nitrogens with zero attached hydrogens (tertiary/aromatic N) is 2. The number of hydrogen-bond acceptors (Lipinski definition) is 6.